The zero-order chi connectivity index (χ0) is 15.5. The van der Waals surface area contributed by atoms with Gasteiger partial charge >= 0.3 is 5.97 Å². The third kappa shape index (κ3) is 3.08. The Balaban J connectivity index is 2.11. The van der Waals surface area contributed by atoms with Crippen LogP contribution < -0.4 is 5.32 Å². The van der Waals surface area contributed by atoms with Gasteiger partial charge in [0.15, 0.2) is 0 Å². The number of carbonyl (C=O) groups excluding carboxylic acids is 1. The highest BCUT2D eigenvalue weighted by Gasteiger charge is 2.41. The van der Waals surface area contributed by atoms with Crippen molar-refractivity contribution in [3.63, 3.8) is 0 Å². The highest BCUT2D eigenvalue weighted by Crippen LogP contribution is 2.27. The number of amides is 1. The summed E-state index contributed by atoms with van der Waals surface area (Å²) in [5, 5.41) is 12.3. The first-order valence-corrected chi connectivity index (χ1v) is 7.10. The minimum absolute atomic E-state index is 0.0319. The molecule has 0 saturated carbocycles. The second-order valence-corrected chi connectivity index (χ2v) is 5.87. The van der Waals surface area contributed by atoms with Crippen LogP contribution in [0.5, 0.6) is 0 Å². The van der Waals surface area contributed by atoms with Gasteiger partial charge < -0.3 is 15.2 Å². The molecule has 1 aliphatic rings. The van der Waals surface area contributed by atoms with E-state index in [-0.39, 0.29) is 12.5 Å². The van der Waals surface area contributed by atoms with E-state index in [0.717, 1.165) is 6.42 Å². The third-order valence-corrected chi connectivity index (χ3v) is 4.18. The molecule has 2 atom stereocenters. The molecule has 1 fully saturated rings. The summed E-state index contributed by atoms with van der Waals surface area (Å²) in [7, 11) is 0. The summed E-state index contributed by atoms with van der Waals surface area (Å²) in [5.41, 5.74) is -1.34. The van der Waals surface area contributed by atoms with Gasteiger partial charge in [-0.2, -0.15) is 0 Å². The number of benzene rings is 1. The Bertz CT molecular complexity index is 522. The second-order valence-electron chi connectivity index (χ2n) is 5.87. The summed E-state index contributed by atoms with van der Waals surface area (Å²) in [6, 6.07) is 8.93. The van der Waals surface area contributed by atoms with Crippen LogP contribution in [0.3, 0.4) is 0 Å². The Morgan fingerprint density at radius 2 is 2.05 bits per heavy atom. The maximum absolute atomic E-state index is 12.2. The van der Waals surface area contributed by atoms with Crippen molar-refractivity contribution < 1.29 is 19.4 Å². The van der Waals surface area contributed by atoms with E-state index in [4.69, 9.17) is 4.74 Å². The molecular weight excluding hydrogens is 270 g/mol. The van der Waals surface area contributed by atoms with E-state index in [1.54, 1.807) is 38.1 Å². The van der Waals surface area contributed by atoms with Crippen molar-refractivity contribution in [2.24, 2.45) is 0 Å². The molecule has 1 aromatic carbocycles. The molecule has 1 amide bonds. The Morgan fingerprint density at radius 3 is 2.57 bits per heavy atom. The predicted molar refractivity (Wildman–Crippen MR) is 78.0 cm³/mol. The number of aliphatic carboxylic acids is 1. The molecular formula is C16H21NO4. The number of carbonyl (C=O) groups is 2. The van der Waals surface area contributed by atoms with Crippen LogP contribution in [0.1, 0.15) is 32.3 Å². The first-order valence-electron chi connectivity index (χ1n) is 7.10. The molecule has 0 spiro atoms. The van der Waals surface area contributed by atoms with Gasteiger partial charge in [0.05, 0.1) is 0 Å². The topological polar surface area (TPSA) is 75.6 Å². The molecule has 1 aliphatic heterocycles. The molecule has 2 unspecified atom stereocenters. The van der Waals surface area contributed by atoms with Gasteiger partial charge in [-0.3, -0.25) is 9.59 Å². The Morgan fingerprint density at radius 1 is 1.38 bits per heavy atom. The standard InChI is InChI=1S/C16H21NO4/c1-15(14(19)20,12-7-4-3-5-8-12)11-17-13(18)16(2)9-6-10-21-16/h3-5,7-8H,6,9-11H2,1-2H3,(H,17,18)(H,19,20). The minimum atomic E-state index is -1.16. The van der Waals surface area contributed by atoms with Crippen molar-refractivity contribution in [2.45, 2.75) is 37.7 Å². The van der Waals surface area contributed by atoms with Crippen LogP contribution in [0.15, 0.2) is 30.3 Å². The maximum atomic E-state index is 12.2. The fourth-order valence-electron chi connectivity index (χ4n) is 2.51. The number of ether oxygens (including phenoxy) is 1. The lowest BCUT2D eigenvalue weighted by Gasteiger charge is -2.28. The van der Waals surface area contributed by atoms with Crippen LogP contribution in [0.4, 0.5) is 0 Å². The zero-order valence-electron chi connectivity index (χ0n) is 12.4. The second kappa shape index (κ2) is 5.85. The normalized spacial score (nSPS) is 24.3. The molecule has 0 aromatic heterocycles. The van der Waals surface area contributed by atoms with Gasteiger partial charge in [-0.05, 0) is 32.3 Å². The van der Waals surface area contributed by atoms with Crippen molar-refractivity contribution in [1.29, 1.82) is 0 Å². The molecule has 1 saturated heterocycles. The van der Waals surface area contributed by atoms with E-state index in [2.05, 4.69) is 5.32 Å². The summed E-state index contributed by atoms with van der Waals surface area (Å²) in [6.45, 7) is 3.96. The molecule has 1 heterocycles. The number of carboxylic acid groups (broad SMARTS) is 1. The van der Waals surface area contributed by atoms with Crippen LogP contribution >= 0.6 is 0 Å². The highest BCUT2D eigenvalue weighted by atomic mass is 16.5. The minimum Gasteiger partial charge on any atom is -0.481 e. The van der Waals surface area contributed by atoms with Crippen LogP contribution in [-0.4, -0.2) is 35.7 Å². The summed E-state index contributed by atoms with van der Waals surface area (Å²) >= 11 is 0. The predicted octanol–water partition coefficient (Wildman–Crippen LogP) is 1.71. The van der Waals surface area contributed by atoms with E-state index in [0.29, 0.717) is 18.6 Å². The average Bonchev–Trinajstić information content (AvgIpc) is 2.93. The Labute approximate surface area is 124 Å². The molecule has 2 rings (SSSR count). The number of rotatable bonds is 5. The van der Waals surface area contributed by atoms with Crippen molar-refractivity contribution in [1.82, 2.24) is 5.32 Å². The van der Waals surface area contributed by atoms with E-state index in [9.17, 15) is 14.7 Å². The van der Waals surface area contributed by atoms with Gasteiger partial charge in [-0.25, -0.2) is 0 Å². The summed E-state index contributed by atoms with van der Waals surface area (Å²) in [6.07, 6.45) is 1.51. The zero-order valence-corrected chi connectivity index (χ0v) is 12.4. The molecule has 21 heavy (non-hydrogen) atoms. The SMILES string of the molecule is CC1(C(=O)NCC(C)(C(=O)O)c2ccccc2)CCCO1. The van der Waals surface area contributed by atoms with Crippen molar-refractivity contribution in [3.8, 4) is 0 Å². The molecule has 114 valence electrons. The highest BCUT2D eigenvalue weighted by molar-refractivity contribution is 5.87. The molecule has 5 heteroatoms. The van der Waals surface area contributed by atoms with Crippen LogP contribution in [0, 0.1) is 0 Å². The first kappa shape index (κ1) is 15.5. The lowest BCUT2D eigenvalue weighted by Crippen LogP contribution is -2.50. The molecule has 0 radical (unpaired) electrons. The summed E-state index contributed by atoms with van der Waals surface area (Å²) in [4.78, 5) is 23.9. The van der Waals surface area contributed by atoms with E-state index >= 15 is 0 Å². The fourth-order valence-corrected chi connectivity index (χ4v) is 2.51. The number of hydrogen-bond acceptors (Lipinski definition) is 3. The van der Waals surface area contributed by atoms with E-state index < -0.39 is 17.0 Å². The van der Waals surface area contributed by atoms with Gasteiger partial charge in [0.25, 0.3) is 5.91 Å². The maximum Gasteiger partial charge on any atom is 0.315 e. The van der Waals surface area contributed by atoms with Gasteiger partial charge in [-0.15, -0.1) is 0 Å². The van der Waals surface area contributed by atoms with Crippen LogP contribution in [0.2, 0.25) is 0 Å². The van der Waals surface area contributed by atoms with E-state index in [1.165, 1.54) is 0 Å². The smallest absolute Gasteiger partial charge is 0.315 e. The van der Waals surface area contributed by atoms with Crippen LogP contribution in [-0.2, 0) is 19.7 Å². The first-order chi connectivity index (χ1) is 9.88. The number of nitrogens with one attached hydrogen (secondary N) is 1. The summed E-state index contributed by atoms with van der Waals surface area (Å²) < 4.78 is 5.47. The van der Waals surface area contributed by atoms with Gasteiger partial charge in [-0.1, -0.05) is 30.3 Å². The van der Waals surface area contributed by atoms with Gasteiger partial charge in [0.1, 0.15) is 11.0 Å². The lowest BCUT2D eigenvalue weighted by molar-refractivity contribution is -0.144. The molecule has 1 aromatic rings. The van der Waals surface area contributed by atoms with Crippen molar-refractivity contribution >= 4 is 11.9 Å². The third-order valence-electron chi connectivity index (χ3n) is 4.18. The lowest BCUT2D eigenvalue weighted by atomic mass is 9.82. The number of carboxylic acids is 1. The van der Waals surface area contributed by atoms with Crippen molar-refractivity contribution in [3.05, 3.63) is 35.9 Å². The molecule has 2 N–H and O–H groups in total. The quantitative estimate of drug-likeness (QED) is 0.866. The monoisotopic (exact) mass is 291 g/mol. The van der Waals surface area contributed by atoms with Crippen molar-refractivity contribution in [2.75, 3.05) is 13.2 Å². The molecule has 0 aliphatic carbocycles. The largest absolute Gasteiger partial charge is 0.481 e. The van der Waals surface area contributed by atoms with Gasteiger partial charge in [0.2, 0.25) is 0 Å². The molecule has 5 nitrogen and oxygen atoms in total. The average molecular weight is 291 g/mol. The van der Waals surface area contributed by atoms with Crippen LogP contribution in [0.25, 0.3) is 0 Å². The summed E-state index contributed by atoms with van der Waals surface area (Å²) in [5.74, 6) is -1.21. The fraction of sp³-hybridized carbons (Fsp3) is 0.500. The molecule has 0 bridgehead atoms. The van der Waals surface area contributed by atoms with Gasteiger partial charge in [0, 0.05) is 13.2 Å². The van der Waals surface area contributed by atoms with E-state index in [1.807, 2.05) is 6.07 Å². The number of hydrogen-bond donors (Lipinski definition) is 2. The Kier molecular flexibility index (Phi) is 4.32. The Hall–Kier alpha value is -1.88.